The van der Waals surface area contributed by atoms with E-state index in [-0.39, 0.29) is 12.4 Å². The Balaban J connectivity index is 0.00000145. The van der Waals surface area contributed by atoms with Gasteiger partial charge < -0.3 is 14.6 Å². The van der Waals surface area contributed by atoms with Crippen LogP contribution in [0.3, 0.4) is 0 Å². The molecule has 29 heavy (non-hydrogen) atoms. The Kier molecular flexibility index (Phi) is 7.07. The second-order valence-electron chi connectivity index (χ2n) is 7.62. The number of fused-ring (bicyclic) bond motifs is 1. The summed E-state index contributed by atoms with van der Waals surface area (Å²) in [5.41, 5.74) is 2.53. The van der Waals surface area contributed by atoms with Crippen molar-refractivity contribution in [3.8, 4) is 11.5 Å². The number of ketones is 1. The number of aryl methyl sites for hydroxylation is 1. The summed E-state index contributed by atoms with van der Waals surface area (Å²) >= 11 is 0. The smallest absolute Gasteiger partial charge is 0.306 e. The third kappa shape index (κ3) is 5.17. The molecule has 0 bridgehead atoms. The number of carboxylic acid groups (broad SMARTS) is 1. The van der Waals surface area contributed by atoms with Crippen molar-refractivity contribution in [2.24, 2.45) is 5.92 Å². The average molecular weight is 398 g/mol. The van der Waals surface area contributed by atoms with Gasteiger partial charge in [-0.15, -0.1) is 0 Å². The highest BCUT2D eigenvalue weighted by Gasteiger charge is 2.41. The number of hydrogen-bond acceptors (Lipinski definition) is 4. The van der Waals surface area contributed by atoms with Crippen LogP contribution in [0.15, 0.2) is 36.4 Å². The van der Waals surface area contributed by atoms with Gasteiger partial charge in [0.1, 0.15) is 18.1 Å². The van der Waals surface area contributed by atoms with Crippen molar-refractivity contribution < 1.29 is 24.2 Å². The van der Waals surface area contributed by atoms with Gasteiger partial charge in [0, 0.05) is 5.56 Å². The number of ether oxygens (including phenoxy) is 2. The van der Waals surface area contributed by atoms with E-state index < -0.39 is 17.5 Å². The standard InChI is InChI=1S/C22H24O5.C2H6/c1-13-9-16(19-18(10-13)20(23)22(3,4)27-19)12-26-17-7-5-15(6-8-17)11-14(2)21(24)25;1-2/h5-10,14H,11-12H2,1-4H3,(H,24,25);1-2H3. The Labute approximate surface area is 172 Å². The largest absolute Gasteiger partial charge is 0.489 e. The molecular formula is C24H30O5. The molecular weight excluding hydrogens is 368 g/mol. The molecule has 0 spiro atoms. The molecule has 0 aliphatic carbocycles. The van der Waals surface area contributed by atoms with Gasteiger partial charge >= 0.3 is 5.97 Å². The van der Waals surface area contributed by atoms with Gasteiger partial charge in [-0.2, -0.15) is 0 Å². The zero-order valence-electron chi connectivity index (χ0n) is 18.0. The number of carbonyl (C=O) groups is 2. The first kappa shape index (κ1) is 22.5. The van der Waals surface area contributed by atoms with Crippen LogP contribution >= 0.6 is 0 Å². The summed E-state index contributed by atoms with van der Waals surface area (Å²) in [6.07, 6.45) is 0.478. The molecule has 1 unspecified atom stereocenters. The summed E-state index contributed by atoms with van der Waals surface area (Å²) in [4.78, 5) is 23.4. The molecule has 2 aromatic carbocycles. The summed E-state index contributed by atoms with van der Waals surface area (Å²) < 4.78 is 11.8. The Morgan fingerprint density at radius 1 is 1.17 bits per heavy atom. The molecule has 0 radical (unpaired) electrons. The lowest BCUT2D eigenvalue weighted by Gasteiger charge is -2.17. The minimum Gasteiger partial charge on any atom is -0.489 e. The third-order valence-corrected chi connectivity index (χ3v) is 4.74. The fraction of sp³-hybridized carbons (Fsp3) is 0.417. The lowest BCUT2D eigenvalue weighted by Crippen LogP contribution is -2.32. The van der Waals surface area contributed by atoms with Gasteiger partial charge in [0.2, 0.25) is 5.78 Å². The zero-order chi connectivity index (χ0) is 21.8. The predicted octanol–water partition coefficient (Wildman–Crippen LogP) is 5.22. The van der Waals surface area contributed by atoms with Crippen molar-refractivity contribution >= 4 is 11.8 Å². The summed E-state index contributed by atoms with van der Waals surface area (Å²) in [5, 5.41) is 9.00. The Hall–Kier alpha value is -2.82. The minimum absolute atomic E-state index is 0.0145. The monoisotopic (exact) mass is 398 g/mol. The maximum absolute atomic E-state index is 12.5. The van der Waals surface area contributed by atoms with Crippen LogP contribution in [-0.4, -0.2) is 22.5 Å². The number of Topliss-reactive ketones (excluding diaryl/α,β-unsaturated/α-hetero) is 1. The Bertz CT molecular complexity index is 881. The lowest BCUT2D eigenvalue weighted by molar-refractivity contribution is -0.141. The molecule has 1 heterocycles. The molecule has 2 aromatic rings. The van der Waals surface area contributed by atoms with Crippen LogP contribution in [0.5, 0.6) is 11.5 Å². The highest BCUT2D eigenvalue weighted by atomic mass is 16.5. The van der Waals surface area contributed by atoms with E-state index in [1.165, 1.54) is 0 Å². The van der Waals surface area contributed by atoms with Crippen LogP contribution in [0.2, 0.25) is 0 Å². The van der Waals surface area contributed by atoms with E-state index in [0.717, 1.165) is 16.7 Å². The van der Waals surface area contributed by atoms with Crippen LogP contribution in [-0.2, 0) is 17.8 Å². The first-order chi connectivity index (χ1) is 13.7. The SMILES string of the molecule is CC.Cc1cc(COc2ccc(CC(C)C(=O)O)cc2)c2c(c1)C(=O)C(C)(C)O2. The molecule has 3 rings (SSSR count). The summed E-state index contributed by atoms with van der Waals surface area (Å²) in [6, 6.07) is 11.2. The maximum atomic E-state index is 12.5. The van der Waals surface area contributed by atoms with Gasteiger partial charge in [-0.3, -0.25) is 9.59 Å². The molecule has 0 saturated heterocycles. The molecule has 0 fully saturated rings. The highest BCUT2D eigenvalue weighted by molar-refractivity contribution is 6.07. The van der Waals surface area contributed by atoms with E-state index in [1.807, 2.05) is 57.2 Å². The van der Waals surface area contributed by atoms with E-state index in [2.05, 4.69) is 0 Å². The molecule has 0 saturated carbocycles. The summed E-state index contributed by atoms with van der Waals surface area (Å²) in [7, 11) is 0. The van der Waals surface area contributed by atoms with Crippen LogP contribution < -0.4 is 9.47 Å². The van der Waals surface area contributed by atoms with Crippen LogP contribution in [0.4, 0.5) is 0 Å². The van der Waals surface area contributed by atoms with Crippen molar-refractivity contribution in [2.45, 2.75) is 60.2 Å². The first-order valence-corrected chi connectivity index (χ1v) is 9.99. The number of carbonyl (C=O) groups excluding carboxylic acids is 1. The zero-order valence-corrected chi connectivity index (χ0v) is 18.0. The second kappa shape index (κ2) is 9.12. The van der Waals surface area contributed by atoms with E-state index in [9.17, 15) is 9.59 Å². The Morgan fingerprint density at radius 3 is 2.38 bits per heavy atom. The van der Waals surface area contributed by atoms with Crippen molar-refractivity contribution in [1.82, 2.24) is 0 Å². The predicted molar refractivity (Wildman–Crippen MR) is 113 cm³/mol. The van der Waals surface area contributed by atoms with Gasteiger partial charge in [0.25, 0.3) is 0 Å². The Morgan fingerprint density at radius 2 is 1.79 bits per heavy atom. The van der Waals surface area contributed by atoms with Gasteiger partial charge in [-0.25, -0.2) is 0 Å². The van der Waals surface area contributed by atoms with Crippen molar-refractivity contribution in [2.75, 3.05) is 0 Å². The minimum atomic E-state index is -0.854. The topological polar surface area (TPSA) is 72.8 Å². The molecule has 156 valence electrons. The summed E-state index contributed by atoms with van der Waals surface area (Å²) in [5.74, 6) is 0.0354. The number of carboxylic acids is 1. The first-order valence-electron chi connectivity index (χ1n) is 9.99. The fourth-order valence-corrected chi connectivity index (χ4v) is 3.19. The van der Waals surface area contributed by atoms with Crippen molar-refractivity contribution in [3.05, 3.63) is 58.7 Å². The normalized spacial score (nSPS) is 14.9. The van der Waals surface area contributed by atoms with Gasteiger partial charge in [-0.05, 0) is 62.6 Å². The number of hydrogen-bond donors (Lipinski definition) is 1. The van der Waals surface area contributed by atoms with Crippen LogP contribution in [0.25, 0.3) is 0 Å². The fourth-order valence-electron chi connectivity index (χ4n) is 3.19. The second-order valence-corrected chi connectivity index (χ2v) is 7.62. The lowest BCUT2D eigenvalue weighted by atomic mass is 9.97. The van der Waals surface area contributed by atoms with Gasteiger partial charge in [0.05, 0.1) is 11.5 Å². The quantitative estimate of drug-likeness (QED) is 0.722. The van der Waals surface area contributed by atoms with E-state index in [1.54, 1.807) is 20.8 Å². The number of rotatable bonds is 6. The molecule has 0 aromatic heterocycles. The van der Waals surface area contributed by atoms with Gasteiger partial charge in [0.15, 0.2) is 5.60 Å². The average Bonchev–Trinajstić information content (AvgIpc) is 2.92. The molecule has 0 amide bonds. The van der Waals surface area contributed by atoms with Gasteiger partial charge in [-0.1, -0.05) is 32.9 Å². The molecule has 1 aliphatic heterocycles. The molecule has 5 heteroatoms. The van der Waals surface area contributed by atoms with E-state index in [4.69, 9.17) is 14.6 Å². The van der Waals surface area contributed by atoms with E-state index in [0.29, 0.717) is 23.5 Å². The number of benzene rings is 2. The third-order valence-electron chi connectivity index (χ3n) is 4.74. The highest BCUT2D eigenvalue weighted by Crippen LogP contribution is 2.38. The molecule has 5 nitrogen and oxygen atoms in total. The van der Waals surface area contributed by atoms with Crippen LogP contribution in [0.1, 0.15) is 61.7 Å². The van der Waals surface area contributed by atoms with Crippen molar-refractivity contribution in [1.29, 1.82) is 0 Å². The van der Waals surface area contributed by atoms with E-state index >= 15 is 0 Å². The van der Waals surface area contributed by atoms with Crippen LogP contribution in [0, 0.1) is 12.8 Å². The molecule has 1 atom stereocenters. The number of aliphatic carboxylic acids is 1. The molecule has 1 N–H and O–H groups in total. The maximum Gasteiger partial charge on any atom is 0.306 e. The summed E-state index contributed by atoms with van der Waals surface area (Å²) in [6.45, 7) is 11.5. The van der Waals surface area contributed by atoms with Crippen molar-refractivity contribution in [3.63, 3.8) is 0 Å². The molecule has 1 aliphatic rings.